The van der Waals surface area contributed by atoms with Gasteiger partial charge in [0, 0.05) is 47.3 Å². The number of nitrogens with zero attached hydrogens (tertiary/aromatic N) is 3. The summed E-state index contributed by atoms with van der Waals surface area (Å²) in [7, 11) is 11.1. The normalized spacial score (nSPS) is 13.2. The van der Waals surface area contributed by atoms with Crippen LogP contribution < -0.4 is 0 Å². The van der Waals surface area contributed by atoms with Crippen LogP contribution in [0.5, 0.6) is 0 Å². The molecule has 0 radical (unpaired) electrons. The quantitative estimate of drug-likeness (QED) is 0.767. The van der Waals surface area contributed by atoms with Gasteiger partial charge in [0.1, 0.15) is 5.82 Å². The van der Waals surface area contributed by atoms with E-state index in [1.165, 1.54) is 5.56 Å². The Hall–Kier alpha value is -0.440. The van der Waals surface area contributed by atoms with Crippen molar-refractivity contribution in [1.29, 1.82) is 0 Å². The van der Waals surface area contributed by atoms with Crippen molar-refractivity contribution in [2.75, 3.05) is 42.3 Å². The van der Waals surface area contributed by atoms with Crippen molar-refractivity contribution in [2.45, 2.75) is 0 Å². The van der Waals surface area contributed by atoms with Crippen LogP contribution in [0.1, 0.15) is 5.56 Å². The standard InChI is InChI=1S/C14H24ClN3P/c1-16(2)19(17(3)4,18(5)6)12-11-13-7-9-14(15)10-8-13/h7-12H,1-6H3/q+1/b12-11+. The summed E-state index contributed by atoms with van der Waals surface area (Å²) in [5, 5.41) is 0.769. The van der Waals surface area contributed by atoms with Crippen LogP contribution >= 0.6 is 19.3 Å². The SMILES string of the molecule is CN(C)[P+](/C=C/c1ccc(Cl)cc1)(N(C)C)N(C)C. The van der Waals surface area contributed by atoms with Gasteiger partial charge in [0.25, 0.3) is 7.71 Å². The Kier molecular flexibility index (Phi) is 5.97. The van der Waals surface area contributed by atoms with Crippen molar-refractivity contribution in [1.82, 2.24) is 14.0 Å². The highest BCUT2D eigenvalue weighted by Gasteiger charge is 2.45. The molecule has 0 heterocycles. The molecule has 0 unspecified atom stereocenters. The summed E-state index contributed by atoms with van der Waals surface area (Å²) in [5.74, 6) is 2.30. The first-order valence-corrected chi connectivity index (χ1v) is 8.27. The van der Waals surface area contributed by atoms with Gasteiger partial charge in [-0.3, -0.25) is 0 Å². The van der Waals surface area contributed by atoms with Crippen LogP contribution in [0.3, 0.4) is 0 Å². The van der Waals surface area contributed by atoms with E-state index in [-0.39, 0.29) is 0 Å². The number of halogens is 1. The first-order chi connectivity index (χ1) is 8.80. The molecule has 3 nitrogen and oxygen atoms in total. The smallest absolute Gasteiger partial charge is 0.151 e. The van der Waals surface area contributed by atoms with Gasteiger partial charge in [0.05, 0.1) is 0 Å². The second kappa shape index (κ2) is 6.83. The van der Waals surface area contributed by atoms with E-state index in [1.807, 2.05) is 24.3 Å². The van der Waals surface area contributed by atoms with Gasteiger partial charge in [-0.25, -0.2) is 0 Å². The van der Waals surface area contributed by atoms with Crippen molar-refractivity contribution in [3.63, 3.8) is 0 Å². The minimum absolute atomic E-state index is 0.769. The average molecular weight is 301 g/mol. The highest BCUT2D eigenvalue weighted by molar-refractivity contribution is 7.72. The van der Waals surface area contributed by atoms with Gasteiger partial charge >= 0.3 is 0 Å². The molecule has 0 spiro atoms. The summed E-state index contributed by atoms with van der Waals surface area (Å²) >= 11 is 5.91. The summed E-state index contributed by atoms with van der Waals surface area (Å²) in [5.41, 5.74) is 1.17. The Morgan fingerprint density at radius 2 is 1.26 bits per heavy atom. The van der Waals surface area contributed by atoms with Gasteiger partial charge < -0.3 is 0 Å². The van der Waals surface area contributed by atoms with E-state index >= 15 is 0 Å². The van der Waals surface area contributed by atoms with Crippen molar-refractivity contribution in [3.8, 4) is 0 Å². The second-order valence-electron chi connectivity index (χ2n) is 5.02. The number of hydrogen-bond donors (Lipinski definition) is 0. The average Bonchev–Trinajstić information content (AvgIpc) is 2.30. The molecule has 0 aliphatic heterocycles. The third-order valence-electron chi connectivity index (χ3n) is 3.10. The largest absolute Gasteiger partial charge is 0.253 e. The maximum absolute atomic E-state index is 5.91. The zero-order valence-electron chi connectivity index (χ0n) is 12.6. The Morgan fingerprint density at radius 1 is 0.842 bits per heavy atom. The molecule has 0 amide bonds. The topological polar surface area (TPSA) is 9.72 Å². The zero-order valence-corrected chi connectivity index (χ0v) is 14.3. The van der Waals surface area contributed by atoms with Crippen molar-refractivity contribution >= 4 is 25.4 Å². The number of hydrogen-bond acceptors (Lipinski definition) is 3. The molecule has 0 aromatic heterocycles. The van der Waals surface area contributed by atoms with E-state index in [4.69, 9.17) is 11.6 Å². The molecule has 1 aromatic rings. The molecular weight excluding hydrogens is 277 g/mol. The monoisotopic (exact) mass is 300 g/mol. The molecule has 0 aliphatic carbocycles. The molecule has 5 heteroatoms. The Morgan fingerprint density at radius 3 is 1.63 bits per heavy atom. The maximum Gasteiger partial charge on any atom is 0.253 e. The van der Waals surface area contributed by atoms with Crippen LogP contribution in [-0.4, -0.2) is 56.3 Å². The third kappa shape index (κ3) is 3.77. The van der Waals surface area contributed by atoms with Crippen molar-refractivity contribution < 1.29 is 0 Å². The van der Waals surface area contributed by atoms with Crippen LogP contribution in [0.15, 0.2) is 30.1 Å². The third-order valence-corrected chi connectivity index (χ3v) is 7.44. The molecule has 1 rings (SSSR count). The lowest BCUT2D eigenvalue weighted by Crippen LogP contribution is -2.34. The lowest BCUT2D eigenvalue weighted by atomic mass is 10.2. The van der Waals surface area contributed by atoms with E-state index in [0.29, 0.717) is 0 Å². The summed E-state index contributed by atoms with van der Waals surface area (Å²) < 4.78 is 6.87. The van der Waals surface area contributed by atoms with Crippen LogP contribution in [-0.2, 0) is 0 Å². The van der Waals surface area contributed by atoms with Gasteiger partial charge in [-0.1, -0.05) is 23.7 Å². The van der Waals surface area contributed by atoms with Crippen molar-refractivity contribution in [2.24, 2.45) is 0 Å². The van der Waals surface area contributed by atoms with E-state index < -0.39 is 7.71 Å². The summed E-state index contributed by atoms with van der Waals surface area (Å²) in [4.78, 5) is 0. The van der Waals surface area contributed by atoms with E-state index in [0.717, 1.165) is 5.02 Å². The molecule has 0 atom stereocenters. The van der Waals surface area contributed by atoms with E-state index in [2.05, 4.69) is 68.2 Å². The number of rotatable bonds is 5. The predicted octanol–water partition coefficient (Wildman–Crippen LogP) is 3.76. The highest BCUT2D eigenvalue weighted by Crippen LogP contribution is 2.65. The van der Waals surface area contributed by atoms with E-state index in [9.17, 15) is 0 Å². The molecule has 0 saturated carbocycles. The fourth-order valence-corrected chi connectivity index (χ4v) is 5.68. The van der Waals surface area contributed by atoms with Crippen LogP contribution in [0.2, 0.25) is 5.02 Å². The fraction of sp³-hybridized carbons (Fsp3) is 0.429. The zero-order chi connectivity index (χ0) is 14.6. The van der Waals surface area contributed by atoms with Gasteiger partial charge in [0.15, 0.2) is 0 Å². The molecule has 0 aliphatic rings. The summed E-state index contributed by atoms with van der Waals surface area (Å²) in [6, 6.07) is 7.91. The minimum Gasteiger partial charge on any atom is -0.151 e. The molecule has 0 N–H and O–H groups in total. The Bertz CT molecular complexity index is 405. The summed E-state index contributed by atoms with van der Waals surface area (Å²) in [6.45, 7) is 0. The van der Waals surface area contributed by atoms with Crippen LogP contribution in [0, 0.1) is 0 Å². The highest BCUT2D eigenvalue weighted by atomic mass is 35.5. The van der Waals surface area contributed by atoms with Gasteiger partial charge in [-0.15, -0.1) is 0 Å². The second-order valence-corrected chi connectivity index (χ2v) is 9.39. The molecule has 19 heavy (non-hydrogen) atoms. The van der Waals surface area contributed by atoms with E-state index in [1.54, 1.807) is 0 Å². The number of benzene rings is 1. The van der Waals surface area contributed by atoms with Gasteiger partial charge in [0.2, 0.25) is 0 Å². The molecule has 0 fully saturated rings. The lowest BCUT2D eigenvalue weighted by Gasteiger charge is -2.37. The minimum atomic E-state index is -1.60. The van der Waals surface area contributed by atoms with Crippen LogP contribution in [0.4, 0.5) is 0 Å². The predicted molar refractivity (Wildman–Crippen MR) is 88.5 cm³/mol. The molecule has 0 saturated heterocycles. The van der Waals surface area contributed by atoms with Gasteiger partial charge in [-0.2, -0.15) is 14.0 Å². The lowest BCUT2D eigenvalue weighted by molar-refractivity contribution is 0.472. The first kappa shape index (κ1) is 16.6. The fourth-order valence-electron chi connectivity index (χ4n) is 2.23. The van der Waals surface area contributed by atoms with Crippen molar-refractivity contribution in [3.05, 3.63) is 40.7 Å². The van der Waals surface area contributed by atoms with Crippen LogP contribution in [0.25, 0.3) is 6.08 Å². The first-order valence-electron chi connectivity index (χ1n) is 6.17. The molecule has 0 bridgehead atoms. The molecular formula is C14H24ClN3P+. The molecule has 1 aromatic carbocycles. The Labute approximate surface area is 122 Å². The molecule has 106 valence electrons. The summed E-state index contributed by atoms with van der Waals surface area (Å²) in [6.07, 6.45) is 2.17. The Balaban J connectivity index is 3.10. The maximum atomic E-state index is 5.91. The van der Waals surface area contributed by atoms with Gasteiger partial charge in [-0.05, 0) is 23.8 Å².